The van der Waals surface area contributed by atoms with Gasteiger partial charge in [-0.25, -0.2) is 0 Å². The van der Waals surface area contributed by atoms with E-state index in [0.29, 0.717) is 17.3 Å². The molecule has 0 spiro atoms. The number of rotatable bonds is 4. The Kier molecular flexibility index (Phi) is 3.09. The lowest BCUT2D eigenvalue weighted by molar-refractivity contribution is 0.101. The maximum Gasteiger partial charge on any atom is 0.161 e. The third kappa shape index (κ3) is 2.43. The van der Waals surface area contributed by atoms with Gasteiger partial charge in [0.1, 0.15) is 0 Å². The van der Waals surface area contributed by atoms with Crippen LogP contribution in [-0.2, 0) is 0 Å². The summed E-state index contributed by atoms with van der Waals surface area (Å²) in [4.78, 5) is 13.7. The van der Waals surface area contributed by atoms with Crippen LogP contribution < -0.4 is 10.6 Å². The molecule has 1 fully saturated rings. The van der Waals surface area contributed by atoms with E-state index in [1.165, 1.54) is 12.8 Å². The highest BCUT2D eigenvalue weighted by atomic mass is 16.1. The fraction of sp³-hybridized carbons (Fsp3) is 0.500. The van der Waals surface area contributed by atoms with Gasteiger partial charge in [-0.15, -0.1) is 0 Å². The molecule has 3 nitrogen and oxygen atoms in total. The summed E-state index contributed by atoms with van der Waals surface area (Å²) in [5, 5.41) is 0. The standard InChI is InChI=1S/C14H20N2O/c1-9(11-4-5-11)16(3)12-6-7-14(15)13(8-12)10(2)17/h6-9,11H,4-5,15H2,1-3H3. The summed E-state index contributed by atoms with van der Waals surface area (Å²) in [6, 6.07) is 6.23. The second-order valence-electron chi connectivity index (χ2n) is 5.02. The SMILES string of the molecule is CC(=O)c1cc(N(C)C(C)C2CC2)ccc1N. The smallest absolute Gasteiger partial charge is 0.161 e. The first-order chi connectivity index (χ1) is 8.00. The van der Waals surface area contributed by atoms with E-state index >= 15 is 0 Å². The molecule has 0 radical (unpaired) electrons. The van der Waals surface area contributed by atoms with Crippen LogP contribution in [-0.4, -0.2) is 18.9 Å². The molecule has 2 rings (SSSR count). The summed E-state index contributed by atoms with van der Waals surface area (Å²) in [5.41, 5.74) is 8.06. The van der Waals surface area contributed by atoms with E-state index in [-0.39, 0.29) is 5.78 Å². The first kappa shape index (κ1) is 12.0. The van der Waals surface area contributed by atoms with Crippen LogP contribution in [0.15, 0.2) is 18.2 Å². The Bertz CT molecular complexity index is 438. The first-order valence-corrected chi connectivity index (χ1v) is 6.14. The van der Waals surface area contributed by atoms with Crippen LogP contribution in [0, 0.1) is 5.92 Å². The largest absolute Gasteiger partial charge is 0.398 e. The Hall–Kier alpha value is -1.51. The summed E-state index contributed by atoms with van der Waals surface area (Å²) < 4.78 is 0. The van der Waals surface area contributed by atoms with Gasteiger partial charge in [0, 0.05) is 30.0 Å². The lowest BCUT2D eigenvalue weighted by Crippen LogP contribution is -2.30. The van der Waals surface area contributed by atoms with E-state index in [9.17, 15) is 4.79 Å². The Labute approximate surface area is 103 Å². The molecule has 3 heteroatoms. The summed E-state index contributed by atoms with van der Waals surface area (Å²) in [7, 11) is 2.08. The highest BCUT2D eigenvalue weighted by molar-refractivity contribution is 6.00. The zero-order valence-electron chi connectivity index (χ0n) is 10.7. The molecule has 2 N–H and O–H groups in total. The van der Waals surface area contributed by atoms with Crippen LogP contribution in [0.25, 0.3) is 0 Å². The predicted molar refractivity (Wildman–Crippen MR) is 71.4 cm³/mol. The van der Waals surface area contributed by atoms with E-state index in [1.54, 1.807) is 6.92 Å². The molecule has 0 aromatic heterocycles. The van der Waals surface area contributed by atoms with E-state index in [4.69, 9.17) is 5.73 Å². The van der Waals surface area contributed by atoms with Gasteiger partial charge in [0.15, 0.2) is 5.78 Å². The number of nitrogen functional groups attached to an aromatic ring is 1. The molecule has 1 aromatic rings. The van der Waals surface area contributed by atoms with Crippen molar-refractivity contribution in [2.24, 2.45) is 5.92 Å². The molecule has 0 amide bonds. The van der Waals surface area contributed by atoms with E-state index in [1.807, 2.05) is 18.2 Å². The fourth-order valence-electron chi connectivity index (χ4n) is 2.20. The van der Waals surface area contributed by atoms with Gasteiger partial charge >= 0.3 is 0 Å². The monoisotopic (exact) mass is 232 g/mol. The van der Waals surface area contributed by atoms with Gasteiger partial charge in [-0.1, -0.05) is 0 Å². The maximum absolute atomic E-state index is 11.5. The summed E-state index contributed by atoms with van der Waals surface area (Å²) in [6.07, 6.45) is 2.64. The van der Waals surface area contributed by atoms with Crippen molar-refractivity contribution in [3.05, 3.63) is 23.8 Å². The third-order valence-electron chi connectivity index (χ3n) is 3.74. The first-order valence-electron chi connectivity index (χ1n) is 6.14. The van der Waals surface area contributed by atoms with Crippen LogP contribution in [0.4, 0.5) is 11.4 Å². The maximum atomic E-state index is 11.5. The topological polar surface area (TPSA) is 46.3 Å². The highest BCUT2D eigenvalue weighted by Gasteiger charge is 2.30. The van der Waals surface area contributed by atoms with Crippen LogP contribution in [0.5, 0.6) is 0 Å². The molecule has 0 saturated heterocycles. The minimum absolute atomic E-state index is 0.0248. The average molecular weight is 232 g/mol. The second-order valence-corrected chi connectivity index (χ2v) is 5.02. The van der Waals surface area contributed by atoms with Gasteiger partial charge in [-0.2, -0.15) is 0 Å². The molecular weight excluding hydrogens is 212 g/mol. The number of nitrogens with zero attached hydrogens (tertiary/aromatic N) is 1. The molecule has 1 unspecified atom stereocenters. The van der Waals surface area contributed by atoms with Gasteiger partial charge in [-0.05, 0) is 50.8 Å². The number of ketones is 1. The number of hydrogen-bond acceptors (Lipinski definition) is 3. The number of nitrogens with two attached hydrogens (primary N) is 1. The van der Waals surface area contributed by atoms with Gasteiger partial charge in [0.2, 0.25) is 0 Å². The van der Waals surface area contributed by atoms with E-state index in [2.05, 4.69) is 18.9 Å². The summed E-state index contributed by atoms with van der Waals surface area (Å²) in [5.74, 6) is 0.829. The van der Waals surface area contributed by atoms with Crippen molar-refractivity contribution in [3.8, 4) is 0 Å². The quantitative estimate of drug-likeness (QED) is 0.641. The van der Waals surface area contributed by atoms with Crippen molar-refractivity contribution in [3.63, 3.8) is 0 Å². The predicted octanol–water partition coefficient (Wildman–Crippen LogP) is 2.71. The Morgan fingerprint density at radius 2 is 2.12 bits per heavy atom. The molecule has 0 aliphatic heterocycles. The molecule has 1 aliphatic carbocycles. The van der Waals surface area contributed by atoms with Gasteiger partial charge < -0.3 is 10.6 Å². The molecule has 0 bridgehead atoms. The molecule has 1 aromatic carbocycles. The second kappa shape index (κ2) is 4.40. The third-order valence-corrected chi connectivity index (χ3v) is 3.74. The molecule has 1 atom stereocenters. The molecule has 1 aliphatic rings. The van der Waals surface area contributed by atoms with Crippen LogP contribution in [0.3, 0.4) is 0 Å². The molecule has 0 heterocycles. The van der Waals surface area contributed by atoms with Crippen molar-refractivity contribution in [1.29, 1.82) is 0 Å². The minimum Gasteiger partial charge on any atom is -0.398 e. The highest BCUT2D eigenvalue weighted by Crippen LogP contribution is 2.36. The Morgan fingerprint density at radius 3 is 2.65 bits per heavy atom. The summed E-state index contributed by atoms with van der Waals surface area (Å²) in [6.45, 7) is 3.79. The Morgan fingerprint density at radius 1 is 1.47 bits per heavy atom. The lowest BCUT2D eigenvalue weighted by Gasteiger charge is -2.27. The van der Waals surface area contributed by atoms with Crippen LogP contribution >= 0.6 is 0 Å². The molecule has 1 saturated carbocycles. The zero-order chi connectivity index (χ0) is 12.6. The molecular formula is C14H20N2O. The normalized spacial score (nSPS) is 16.6. The zero-order valence-corrected chi connectivity index (χ0v) is 10.7. The molecule has 17 heavy (non-hydrogen) atoms. The van der Waals surface area contributed by atoms with Crippen molar-refractivity contribution in [2.45, 2.75) is 32.7 Å². The number of benzene rings is 1. The minimum atomic E-state index is 0.0248. The van der Waals surface area contributed by atoms with Crippen molar-refractivity contribution in [1.82, 2.24) is 0 Å². The van der Waals surface area contributed by atoms with E-state index in [0.717, 1.165) is 11.6 Å². The van der Waals surface area contributed by atoms with Gasteiger partial charge in [-0.3, -0.25) is 4.79 Å². The van der Waals surface area contributed by atoms with E-state index < -0.39 is 0 Å². The van der Waals surface area contributed by atoms with Crippen molar-refractivity contribution < 1.29 is 4.79 Å². The lowest BCUT2D eigenvalue weighted by atomic mass is 10.1. The van der Waals surface area contributed by atoms with Crippen molar-refractivity contribution in [2.75, 3.05) is 17.7 Å². The van der Waals surface area contributed by atoms with Crippen molar-refractivity contribution >= 4 is 17.2 Å². The molecule has 92 valence electrons. The fourth-order valence-corrected chi connectivity index (χ4v) is 2.20. The number of anilines is 2. The number of carbonyl (C=O) groups is 1. The number of Topliss-reactive ketones (excluding diaryl/α,β-unsaturated/α-hetero) is 1. The van der Waals surface area contributed by atoms with Gasteiger partial charge in [0.25, 0.3) is 0 Å². The number of carbonyl (C=O) groups excluding carboxylic acids is 1. The van der Waals surface area contributed by atoms with Crippen LogP contribution in [0.1, 0.15) is 37.0 Å². The van der Waals surface area contributed by atoms with Crippen LogP contribution in [0.2, 0.25) is 0 Å². The average Bonchev–Trinajstić information content (AvgIpc) is 3.11. The van der Waals surface area contributed by atoms with Gasteiger partial charge in [0.05, 0.1) is 0 Å². The Balaban J connectivity index is 2.25. The summed E-state index contributed by atoms with van der Waals surface area (Å²) >= 11 is 0. The number of hydrogen-bond donors (Lipinski definition) is 1.